The number of aryl methyl sites for hydroxylation is 1. The van der Waals surface area contributed by atoms with Crippen LogP contribution in [-0.2, 0) is 0 Å². The summed E-state index contributed by atoms with van der Waals surface area (Å²) in [6.07, 6.45) is 0. The maximum Gasteiger partial charge on any atom is 0.134 e. The second-order valence-electron chi connectivity index (χ2n) is 4.43. The number of hydrogen-bond acceptors (Lipinski definition) is 4. The summed E-state index contributed by atoms with van der Waals surface area (Å²) in [4.78, 5) is 0. The molecule has 0 aliphatic heterocycles. The zero-order valence-electron chi connectivity index (χ0n) is 12.1. The van der Waals surface area contributed by atoms with Crippen LogP contribution in [0.5, 0.6) is 23.0 Å². The summed E-state index contributed by atoms with van der Waals surface area (Å²) in [5.41, 5.74) is 2.41. The van der Waals surface area contributed by atoms with E-state index in [1.54, 1.807) is 39.5 Å². The highest BCUT2D eigenvalue weighted by Gasteiger charge is 2.18. The Hall–Kier alpha value is -2.36. The zero-order valence-corrected chi connectivity index (χ0v) is 12.1. The molecule has 0 radical (unpaired) electrons. The first-order chi connectivity index (χ1) is 9.60. The molecule has 0 aliphatic carbocycles. The second-order valence-corrected chi connectivity index (χ2v) is 4.43. The van der Waals surface area contributed by atoms with E-state index in [1.807, 2.05) is 19.1 Å². The van der Waals surface area contributed by atoms with Crippen LogP contribution in [0.1, 0.15) is 5.56 Å². The third kappa shape index (κ3) is 2.50. The fourth-order valence-corrected chi connectivity index (χ4v) is 2.12. The summed E-state index contributed by atoms with van der Waals surface area (Å²) in [5.74, 6) is 1.98. The van der Waals surface area contributed by atoms with Crippen LogP contribution in [0.3, 0.4) is 0 Å². The van der Waals surface area contributed by atoms with Gasteiger partial charge in [-0.2, -0.15) is 0 Å². The summed E-state index contributed by atoms with van der Waals surface area (Å²) in [6, 6.07) is 8.93. The number of benzene rings is 2. The Morgan fingerprint density at radius 1 is 0.850 bits per heavy atom. The van der Waals surface area contributed by atoms with Crippen molar-refractivity contribution in [3.05, 3.63) is 35.9 Å². The minimum Gasteiger partial charge on any atom is -0.507 e. The first kappa shape index (κ1) is 14.1. The quantitative estimate of drug-likeness (QED) is 0.928. The SMILES string of the molecule is COc1cc(OC)c(-c2cc(C)ccc2O)c(OC)c1. The molecule has 20 heavy (non-hydrogen) atoms. The van der Waals surface area contributed by atoms with Gasteiger partial charge in [0.1, 0.15) is 23.0 Å². The highest BCUT2D eigenvalue weighted by atomic mass is 16.5. The normalized spacial score (nSPS) is 10.2. The van der Waals surface area contributed by atoms with Crippen LogP contribution in [0.4, 0.5) is 0 Å². The Labute approximate surface area is 118 Å². The van der Waals surface area contributed by atoms with E-state index >= 15 is 0 Å². The maximum atomic E-state index is 10.1. The Bertz CT molecular complexity index is 595. The van der Waals surface area contributed by atoms with Gasteiger partial charge in [-0.3, -0.25) is 0 Å². The molecule has 0 unspecified atom stereocenters. The molecule has 0 saturated heterocycles. The lowest BCUT2D eigenvalue weighted by atomic mass is 10.00. The molecule has 0 spiro atoms. The highest BCUT2D eigenvalue weighted by molar-refractivity contribution is 5.82. The first-order valence-corrected chi connectivity index (χ1v) is 6.20. The largest absolute Gasteiger partial charge is 0.507 e. The van der Waals surface area contributed by atoms with Crippen LogP contribution in [0, 0.1) is 6.92 Å². The molecule has 0 saturated carbocycles. The van der Waals surface area contributed by atoms with E-state index in [0.717, 1.165) is 5.56 Å². The minimum atomic E-state index is 0.178. The van der Waals surface area contributed by atoms with E-state index in [0.29, 0.717) is 28.4 Å². The number of hydrogen-bond donors (Lipinski definition) is 1. The van der Waals surface area contributed by atoms with Crippen molar-refractivity contribution in [1.29, 1.82) is 0 Å². The Kier molecular flexibility index (Phi) is 4.03. The molecule has 0 atom stereocenters. The lowest BCUT2D eigenvalue weighted by Gasteiger charge is -2.16. The van der Waals surface area contributed by atoms with Gasteiger partial charge in [0.2, 0.25) is 0 Å². The van der Waals surface area contributed by atoms with Crippen molar-refractivity contribution in [2.24, 2.45) is 0 Å². The molecule has 1 N–H and O–H groups in total. The average molecular weight is 274 g/mol. The van der Waals surface area contributed by atoms with E-state index < -0.39 is 0 Å². The predicted molar refractivity (Wildman–Crippen MR) is 77.9 cm³/mol. The van der Waals surface area contributed by atoms with Crippen molar-refractivity contribution in [1.82, 2.24) is 0 Å². The molecular formula is C16H18O4. The number of phenolic OH excluding ortho intramolecular Hbond substituents is 1. The van der Waals surface area contributed by atoms with Gasteiger partial charge in [-0.05, 0) is 19.1 Å². The molecule has 0 aromatic heterocycles. The van der Waals surface area contributed by atoms with Crippen molar-refractivity contribution in [3.63, 3.8) is 0 Å². The molecule has 2 aromatic rings. The van der Waals surface area contributed by atoms with Crippen molar-refractivity contribution in [2.45, 2.75) is 6.92 Å². The Balaban J connectivity index is 2.74. The van der Waals surface area contributed by atoms with Crippen LogP contribution in [-0.4, -0.2) is 26.4 Å². The van der Waals surface area contributed by atoms with Gasteiger partial charge >= 0.3 is 0 Å². The number of aromatic hydroxyl groups is 1. The molecule has 0 fully saturated rings. The van der Waals surface area contributed by atoms with Gasteiger partial charge in [0.15, 0.2) is 0 Å². The van der Waals surface area contributed by atoms with Crippen molar-refractivity contribution in [2.75, 3.05) is 21.3 Å². The third-order valence-electron chi connectivity index (χ3n) is 3.14. The van der Waals surface area contributed by atoms with Crippen molar-refractivity contribution in [3.8, 4) is 34.1 Å². The molecular weight excluding hydrogens is 256 g/mol. The lowest BCUT2D eigenvalue weighted by molar-refractivity contribution is 0.377. The molecule has 106 valence electrons. The maximum absolute atomic E-state index is 10.1. The van der Waals surface area contributed by atoms with E-state index in [2.05, 4.69) is 0 Å². The van der Waals surface area contributed by atoms with E-state index in [-0.39, 0.29) is 5.75 Å². The number of rotatable bonds is 4. The number of ether oxygens (including phenoxy) is 3. The first-order valence-electron chi connectivity index (χ1n) is 6.20. The fourth-order valence-electron chi connectivity index (χ4n) is 2.12. The van der Waals surface area contributed by atoms with Gasteiger partial charge in [-0.1, -0.05) is 11.6 Å². The van der Waals surface area contributed by atoms with E-state index in [1.165, 1.54) is 0 Å². The van der Waals surface area contributed by atoms with Gasteiger partial charge in [0.25, 0.3) is 0 Å². The topological polar surface area (TPSA) is 47.9 Å². The zero-order chi connectivity index (χ0) is 14.7. The lowest BCUT2D eigenvalue weighted by Crippen LogP contribution is -1.96. The van der Waals surface area contributed by atoms with Gasteiger partial charge in [0.05, 0.1) is 26.9 Å². The van der Waals surface area contributed by atoms with Crippen molar-refractivity contribution >= 4 is 0 Å². The van der Waals surface area contributed by atoms with Crippen molar-refractivity contribution < 1.29 is 19.3 Å². The summed E-state index contributed by atoms with van der Waals surface area (Å²) >= 11 is 0. The predicted octanol–water partition coefficient (Wildman–Crippen LogP) is 3.39. The molecule has 0 bridgehead atoms. The third-order valence-corrected chi connectivity index (χ3v) is 3.14. The fraction of sp³-hybridized carbons (Fsp3) is 0.250. The number of phenols is 1. The molecule has 2 rings (SSSR count). The van der Waals surface area contributed by atoms with E-state index in [9.17, 15) is 5.11 Å². The Morgan fingerprint density at radius 3 is 1.95 bits per heavy atom. The summed E-state index contributed by atoms with van der Waals surface area (Å²) in [6.45, 7) is 1.96. The molecule has 0 heterocycles. The smallest absolute Gasteiger partial charge is 0.134 e. The summed E-state index contributed by atoms with van der Waals surface area (Å²) in [5, 5.41) is 10.1. The number of methoxy groups -OCH3 is 3. The van der Waals surface area contributed by atoms with Crippen LogP contribution >= 0.6 is 0 Å². The van der Waals surface area contributed by atoms with Gasteiger partial charge in [0, 0.05) is 17.7 Å². The summed E-state index contributed by atoms with van der Waals surface area (Å²) < 4.78 is 16.0. The van der Waals surface area contributed by atoms with Gasteiger partial charge in [-0.25, -0.2) is 0 Å². The van der Waals surface area contributed by atoms with Crippen LogP contribution in [0.25, 0.3) is 11.1 Å². The minimum absolute atomic E-state index is 0.178. The molecule has 4 heteroatoms. The highest BCUT2D eigenvalue weighted by Crippen LogP contribution is 2.45. The molecule has 0 aliphatic rings. The standard InChI is InChI=1S/C16H18O4/c1-10-5-6-13(17)12(7-10)16-14(19-3)8-11(18-2)9-15(16)20-4/h5-9,17H,1-4H3. The molecule has 0 amide bonds. The van der Waals surface area contributed by atoms with Gasteiger partial charge < -0.3 is 19.3 Å². The summed E-state index contributed by atoms with van der Waals surface area (Å²) in [7, 11) is 4.73. The monoisotopic (exact) mass is 274 g/mol. The second kappa shape index (κ2) is 5.74. The van der Waals surface area contributed by atoms with Crippen LogP contribution in [0.15, 0.2) is 30.3 Å². The van der Waals surface area contributed by atoms with Crippen LogP contribution < -0.4 is 14.2 Å². The van der Waals surface area contributed by atoms with Gasteiger partial charge in [-0.15, -0.1) is 0 Å². The Morgan fingerprint density at radius 2 is 1.45 bits per heavy atom. The molecule has 4 nitrogen and oxygen atoms in total. The average Bonchev–Trinajstić information content (AvgIpc) is 2.48. The molecule has 2 aromatic carbocycles. The van der Waals surface area contributed by atoms with Crippen LogP contribution in [0.2, 0.25) is 0 Å². The van der Waals surface area contributed by atoms with E-state index in [4.69, 9.17) is 14.2 Å².